The Balaban J connectivity index is 2.75. The lowest BCUT2D eigenvalue weighted by molar-refractivity contribution is -0.137. The zero-order valence-electron chi connectivity index (χ0n) is 14.5. The fraction of sp³-hybridized carbons (Fsp3) is 0.375. The highest BCUT2D eigenvalue weighted by Crippen LogP contribution is 2.36. The smallest absolute Gasteiger partial charge is 0.416 e. The summed E-state index contributed by atoms with van der Waals surface area (Å²) in [6, 6.07) is 1.77. The molecule has 0 spiro atoms. The molecule has 1 aromatic heterocycles. The van der Waals surface area contributed by atoms with Crippen molar-refractivity contribution < 1.29 is 31.5 Å². The molecule has 2 rings (SSSR count). The van der Waals surface area contributed by atoms with E-state index < -0.39 is 49.1 Å². The first-order valence-corrected chi connectivity index (χ1v) is 9.97. The minimum atomic E-state index is -4.79. The van der Waals surface area contributed by atoms with Crippen LogP contribution in [0.3, 0.4) is 0 Å². The summed E-state index contributed by atoms with van der Waals surface area (Å²) >= 11 is 6.12. The van der Waals surface area contributed by atoms with Crippen LogP contribution in [0.1, 0.15) is 45.9 Å². The van der Waals surface area contributed by atoms with Gasteiger partial charge >= 0.3 is 6.18 Å². The number of sulfone groups is 1. The minimum absolute atomic E-state index is 0.0171. The number of carbonyl (C=O) groups excluding carboxylic acids is 1. The molecule has 1 aromatic carbocycles. The van der Waals surface area contributed by atoms with Crippen LogP contribution in [0, 0.1) is 0 Å². The van der Waals surface area contributed by atoms with Crippen molar-refractivity contribution in [1.82, 2.24) is 9.78 Å². The van der Waals surface area contributed by atoms with Crippen molar-refractivity contribution >= 4 is 27.2 Å². The van der Waals surface area contributed by atoms with Gasteiger partial charge in [-0.2, -0.15) is 18.3 Å². The van der Waals surface area contributed by atoms with Gasteiger partial charge in [-0.25, -0.2) is 13.1 Å². The molecule has 0 aliphatic heterocycles. The molecule has 11 heteroatoms. The van der Waals surface area contributed by atoms with Crippen LogP contribution >= 0.6 is 11.6 Å². The first-order valence-electron chi connectivity index (χ1n) is 7.65. The number of alkyl halides is 4. The molecular formula is C16H16ClF3N2O4S. The number of aryl methyl sites for hydroxylation is 1. The Morgan fingerprint density at radius 2 is 1.96 bits per heavy atom. The van der Waals surface area contributed by atoms with Gasteiger partial charge in [0, 0.05) is 18.9 Å². The number of aromatic nitrogens is 2. The lowest BCUT2D eigenvalue weighted by Crippen LogP contribution is -2.14. The van der Waals surface area contributed by atoms with Crippen LogP contribution in [0.2, 0.25) is 0 Å². The lowest BCUT2D eigenvalue weighted by atomic mass is 10.00. The van der Waals surface area contributed by atoms with Crippen LogP contribution in [0.4, 0.5) is 13.2 Å². The van der Waals surface area contributed by atoms with Crippen LogP contribution < -0.4 is 0 Å². The van der Waals surface area contributed by atoms with Gasteiger partial charge in [-0.1, -0.05) is 6.92 Å². The summed E-state index contributed by atoms with van der Waals surface area (Å²) in [6.07, 6.45) is -3.74. The summed E-state index contributed by atoms with van der Waals surface area (Å²) in [6.45, 7) is 1.71. The average Bonchev–Trinajstić information content (AvgIpc) is 2.86. The van der Waals surface area contributed by atoms with E-state index in [9.17, 15) is 31.5 Å². The maximum absolute atomic E-state index is 12.9. The number of hydrogen-bond donors (Lipinski definition) is 1. The molecule has 0 bridgehead atoms. The van der Waals surface area contributed by atoms with Crippen molar-refractivity contribution in [3.05, 3.63) is 40.6 Å². The standard InChI is InChI=1S/C16H16ClF3N2O4S/c1-4-10(17)13-12(15(24)22(2)21-13)14(23)9-6-5-8(16(18,19)20)7-11(9)27(3,25)26/h5-7,10,24H,4H2,1-3H3. The average molecular weight is 425 g/mol. The molecule has 1 atom stereocenters. The van der Waals surface area contributed by atoms with E-state index in [0.717, 1.165) is 10.7 Å². The summed E-state index contributed by atoms with van der Waals surface area (Å²) in [5, 5.41) is 13.4. The quantitative estimate of drug-likeness (QED) is 0.586. The summed E-state index contributed by atoms with van der Waals surface area (Å²) < 4.78 is 63.8. The molecule has 0 radical (unpaired) electrons. The molecule has 2 aromatic rings. The Hall–Kier alpha value is -2.07. The van der Waals surface area contributed by atoms with Crippen molar-refractivity contribution in [1.29, 1.82) is 0 Å². The van der Waals surface area contributed by atoms with Gasteiger partial charge in [-0.3, -0.25) is 4.79 Å². The molecule has 0 saturated heterocycles. The highest BCUT2D eigenvalue weighted by Gasteiger charge is 2.35. The van der Waals surface area contributed by atoms with Crippen LogP contribution in [0.5, 0.6) is 5.88 Å². The van der Waals surface area contributed by atoms with Crippen molar-refractivity contribution in [2.75, 3.05) is 6.26 Å². The third-order valence-electron chi connectivity index (χ3n) is 3.88. The second-order valence-electron chi connectivity index (χ2n) is 5.89. The van der Waals surface area contributed by atoms with E-state index in [1.54, 1.807) is 6.92 Å². The largest absolute Gasteiger partial charge is 0.493 e. The van der Waals surface area contributed by atoms with Gasteiger partial charge in [0.15, 0.2) is 9.84 Å². The van der Waals surface area contributed by atoms with Gasteiger partial charge in [0.25, 0.3) is 0 Å². The van der Waals surface area contributed by atoms with Gasteiger partial charge in [0.2, 0.25) is 11.7 Å². The molecule has 1 heterocycles. The number of hydrogen-bond acceptors (Lipinski definition) is 5. The number of halogens is 4. The van der Waals surface area contributed by atoms with Crippen LogP contribution in [0.25, 0.3) is 0 Å². The first kappa shape index (κ1) is 21.2. The molecule has 1 N–H and O–H groups in total. The fourth-order valence-electron chi connectivity index (χ4n) is 2.49. The lowest BCUT2D eigenvalue weighted by Gasteiger charge is -2.13. The zero-order chi connectivity index (χ0) is 20.7. The molecule has 148 valence electrons. The highest BCUT2D eigenvalue weighted by molar-refractivity contribution is 7.90. The molecule has 27 heavy (non-hydrogen) atoms. The van der Waals surface area contributed by atoms with Gasteiger partial charge in [-0.05, 0) is 24.6 Å². The predicted molar refractivity (Wildman–Crippen MR) is 91.7 cm³/mol. The predicted octanol–water partition coefficient (Wildman–Crippen LogP) is 3.47. The fourth-order valence-corrected chi connectivity index (χ4v) is 3.55. The van der Waals surface area contributed by atoms with E-state index in [-0.39, 0.29) is 11.3 Å². The Morgan fingerprint density at radius 1 is 1.37 bits per heavy atom. The van der Waals surface area contributed by atoms with Crippen molar-refractivity contribution in [2.45, 2.75) is 29.8 Å². The number of ketones is 1. The molecule has 0 aliphatic rings. The van der Waals surface area contributed by atoms with E-state index >= 15 is 0 Å². The zero-order valence-corrected chi connectivity index (χ0v) is 16.1. The van der Waals surface area contributed by atoms with Gasteiger partial charge in [-0.15, -0.1) is 11.6 Å². The molecular weight excluding hydrogens is 409 g/mol. The molecule has 0 amide bonds. The number of carbonyl (C=O) groups is 1. The van der Waals surface area contributed by atoms with Crippen molar-refractivity contribution in [3.8, 4) is 5.88 Å². The Labute approximate surface area is 158 Å². The summed E-state index contributed by atoms with van der Waals surface area (Å²) in [4.78, 5) is 12.1. The van der Waals surface area contributed by atoms with Crippen molar-refractivity contribution in [2.24, 2.45) is 7.05 Å². The van der Waals surface area contributed by atoms with Crippen LogP contribution in [-0.4, -0.2) is 35.3 Å². The molecule has 0 fully saturated rings. The number of nitrogens with zero attached hydrogens (tertiary/aromatic N) is 2. The Bertz CT molecular complexity index is 1000. The van der Waals surface area contributed by atoms with E-state index in [0.29, 0.717) is 24.8 Å². The number of rotatable bonds is 5. The summed E-state index contributed by atoms with van der Waals surface area (Å²) in [5.41, 5.74) is -2.04. The second-order valence-corrected chi connectivity index (χ2v) is 8.40. The summed E-state index contributed by atoms with van der Waals surface area (Å²) in [5.74, 6) is -1.54. The van der Waals surface area contributed by atoms with Gasteiger partial charge < -0.3 is 5.11 Å². The topological polar surface area (TPSA) is 89.3 Å². The summed E-state index contributed by atoms with van der Waals surface area (Å²) in [7, 11) is -2.83. The second kappa shape index (κ2) is 7.16. The molecule has 1 unspecified atom stereocenters. The van der Waals surface area contributed by atoms with Gasteiger partial charge in [0.05, 0.1) is 21.5 Å². The maximum Gasteiger partial charge on any atom is 0.416 e. The maximum atomic E-state index is 12.9. The number of benzene rings is 1. The molecule has 6 nitrogen and oxygen atoms in total. The molecule has 0 saturated carbocycles. The Kier molecular flexibility index (Phi) is 5.63. The van der Waals surface area contributed by atoms with Crippen LogP contribution in [0.15, 0.2) is 23.1 Å². The first-order chi connectivity index (χ1) is 12.3. The van der Waals surface area contributed by atoms with E-state index in [1.165, 1.54) is 7.05 Å². The SMILES string of the molecule is CCC(Cl)c1nn(C)c(O)c1C(=O)c1ccc(C(F)(F)F)cc1S(C)(=O)=O. The third kappa shape index (κ3) is 4.11. The minimum Gasteiger partial charge on any atom is -0.493 e. The van der Waals surface area contributed by atoms with E-state index in [1.807, 2.05) is 0 Å². The van der Waals surface area contributed by atoms with Crippen molar-refractivity contribution in [3.63, 3.8) is 0 Å². The van der Waals surface area contributed by atoms with Crippen LogP contribution in [-0.2, 0) is 23.1 Å². The normalized spacial score (nSPS) is 13.6. The third-order valence-corrected chi connectivity index (χ3v) is 5.53. The monoisotopic (exact) mass is 424 g/mol. The van der Waals surface area contributed by atoms with Gasteiger partial charge in [0.1, 0.15) is 5.56 Å². The Morgan fingerprint density at radius 3 is 2.44 bits per heavy atom. The number of aromatic hydroxyl groups is 1. The van der Waals surface area contributed by atoms with E-state index in [4.69, 9.17) is 11.6 Å². The molecule has 0 aliphatic carbocycles. The van der Waals surface area contributed by atoms with E-state index in [2.05, 4.69) is 5.10 Å². The highest BCUT2D eigenvalue weighted by atomic mass is 35.5.